The standard InChI is InChI=1S/C32H31F6NO4/c1-3-17(11-19-7-5-6-8-25(19)40)9-10-26-27-18(4-2)12-23-28(24(27)16-43-26)30(42)39(29(23)41)22-14-20(31(33,34)35)13-21(15-22)32(36,37)38/h5-8,11,13-15,23-24,26,28,40H,3-4,9-10,12,16H2,1-2H3/b17-11+/t23-,24+,26-,28-/m1/s1. The van der Waals surface area contributed by atoms with Crippen molar-refractivity contribution in [3.05, 3.63) is 75.9 Å². The zero-order valence-corrected chi connectivity index (χ0v) is 23.6. The first-order valence-electron chi connectivity index (χ1n) is 14.2. The molecular weight excluding hydrogens is 576 g/mol. The summed E-state index contributed by atoms with van der Waals surface area (Å²) in [6.45, 7) is 4.03. The van der Waals surface area contributed by atoms with Crippen LogP contribution in [-0.2, 0) is 26.7 Å². The predicted octanol–water partition coefficient (Wildman–Crippen LogP) is 7.93. The van der Waals surface area contributed by atoms with Gasteiger partial charge in [0.05, 0.1) is 41.4 Å². The number of rotatable bonds is 7. The first-order valence-corrected chi connectivity index (χ1v) is 14.2. The van der Waals surface area contributed by atoms with E-state index in [1.165, 1.54) is 0 Å². The van der Waals surface area contributed by atoms with E-state index in [0.717, 1.165) is 23.1 Å². The summed E-state index contributed by atoms with van der Waals surface area (Å²) >= 11 is 0. The molecule has 0 bridgehead atoms. The van der Waals surface area contributed by atoms with Gasteiger partial charge in [0.1, 0.15) is 5.75 Å². The average molecular weight is 608 g/mol. The van der Waals surface area contributed by atoms with Gasteiger partial charge in [-0.15, -0.1) is 0 Å². The molecule has 43 heavy (non-hydrogen) atoms. The fraction of sp³-hybridized carbons (Fsp3) is 0.438. The molecule has 0 aromatic heterocycles. The highest BCUT2D eigenvalue weighted by Crippen LogP contribution is 2.52. The summed E-state index contributed by atoms with van der Waals surface area (Å²) in [5.41, 5.74) is -0.309. The lowest BCUT2D eigenvalue weighted by Crippen LogP contribution is -2.34. The molecule has 0 saturated carbocycles. The Morgan fingerprint density at radius 3 is 2.21 bits per heavy atom. The molecule has 2 saturated heterocycles. The van der Waals surface area contributed by atoms with Gasteiger partial charge < -0.3 is 9.84 Å². The molecule has 2 amide bonds. The van der Waals surface area contributed by atoms with Crippen molar-refractivity contribution >= 4 is 23.6 Å². The molecular formula is C32H31F6NO4. The summed E-state index contributed by atoms with van der Waals surface area (Å²) < 4.78 is 87.3. The number of halogens is 6. The van der Waals surface area contributed by atoms with Gasteiger partial charge >= 0.3 is 12.4 Å². The van der Waals surface area contributed by atoms with Crippen molar-refractivity contribution in [2.75, 3.05) is 11.5 Å². The highest BCUT2D eigenvalue weighted by Gasteiger charge is 2.57. The number of alkyl halides is 6. The third-order valence-electron chi connectivity index (χ3n) is 8.74. The summed E-state index contributed by atoms with van der Waals surface area (Å²) in [6.07, 6.45) is -5.95. The molecule has 2 heterocycles. The number of benzene rings is 2. The van der Waals surface area contributed by atoms with E-state index in [1.54, 1.807) is 12.1 Å². The molecule has 2 aromatic rings. The highest BCUT2D eigenvalue weighted by molar-refractivity contribution is 6.22. The topological polar surface area (TPSA) is 66.8 Å². The van der Waals surface area contributed by atoms with Crippen LogP contribution in [-0.4, -0.2) is 29.6 Å². The number of ether oxygens (including phenoxy) is 1. The van der Waals surface area contributed by atoms with Crippen LogP contribution in [0.4, 0.5) is 32.0 Å². The highest BCUT2D eigenvalue weighted by atomic mass is 19.4. The largest absolute Gasteiger partial charge is 0.507 e. The molecule has 3 aliphatic rings. The van der Waals surface area contributed by atoms with Gasteiger partial charge in [-0.2, -0.15) is 26.3 Å². The average Bonchev–Trinajstić information content (AvgIpc) is 3.48. The molecule has 0 radical (unpaired) electrons. The van der Waals surface area contributed by atoms with Gasteiger partial charge in [0.15, 0.2) is 0 Å². The number of allylic oxidation sites excluding steroid dienone is 2. The normalized spacial score (nSPS) is 24.6. The van der Waals surface area contributed by atoms with Crippen LogP contribution in [0, 0.1) is 17.8 Å². The number of anilines is 1. The Bertz CT molecular complexity index is 1460. The quantitative estimate of drug-likeness (QED) is 0.197. The van der Waals surface area contributed by atoms with Crippen molar-refractivity contribution in [1.82, 2.24) is 0 Å². The predicted molar refractivity (Wildman–Crippen MR) is 147 cm³/mol. The van der Waals surface area contributed by atoms with E-state index in [-0.39, 0.29) is 30.9 Å². The number of amides is 2. The van der Waals surface area contributed by atoms with Crippen LogP contribution >= 0.6 is 0 Å². The maximum Gasteiger partial charge on any atom is 0.416 e. The van der Waals surface area contributed by atoms with Crippen molar-refractivity contribution in [3.63, 3.8) is 0 Å². The molecule has 2 aliphatic heterocycles. The molecule has 2 aromatic carbocycles. The van der Waals surface area contributed by atoms with Crippen LogP contribution in [0.2, 0.25) is 0 Å². The van der Waals surface area contributed by atoms with Crippen LogP contribution in [0.3, 0.4) is 0 Å². The number of nitrogens with zero attached hydrogens (tertiary/aromatic N) is 1. The second-order valence-corrected chi connectivity index (χ2v) is 11.2. The molecule has 1 N–H and O–H groups in total. The van der Waals surface area contributed by atoms with Gasteiger partial charge in [0.25, 0.3) is 0 Å². The Labute approximate surface area is 244 Å². The number of hydrogen-bond donors (Lipinski definition) is 1. The SMILES string of the molecule is CCC1=C2[C@@H](CC/C(=C/c3ccccc3O)CC)OC[C@@H]2[C@@H]2C(=O)N(c3cc(C(F)(F)F)cc(C(F)(F)F)c3)C(=O)[C@@H]2C1. The van der Waals surface area contributed by atoms with Gasteiger partial charge in [0.2, 0.25) is 11.8 Å². The number of imide groups is 1. The van der Waals surface area contributed by atoms with E-state index in [2.05, 4.69) is 0 Å². The second kappa shape index (κ2) is 11.5. The number of phenols is 1. The van der Waals surface area contributed by atoms with Crippen LogP contribution in [0.1, 0.15) is 62.6 Å². The number of para-hydroxylation sites is 1. The van der Waals surface area contributed by atoms with Gasteiger partial charge in [0, 0.05) is 11.5 Å². The van der Waals surface area contributed by atoms with Crippen molar-refractivity contribution in [2.24, 2.45) is 17.8 Å². The van der Waals surface area contributed by atoms with Crippen LogP contribution in [0.5, 0.6) is 5.75 Å². The molecule has 1 aliphatic carbocycles. The van der Waals surface area contributed by atoms with E-state index in [4.69, 9.17) is 4.74 Å². The van der Waals surface area contributed by atoms with Crippen LogP contribution < -0.4 is 4.90 Å². The van der Waals surface area contributed by atoms with Crippen LogP contribution in [0.25, 0.3) is 6.08 Å². The van der Waals surface area contributed by atoms with Gasteiger partial charge in [-0.25, -0.2) is 4.90 Å². The fourth-order valence-corrected chi connectivity index (χ4v) is 6.63. The molecule has 230 valence electrons. The van der Waals surface area contributed by atoms with Crippen molar-refractivity contribution in [3.8, 4) is 5.75 Å². The van der Waals surface area contributed by atoms with Gasteiger partial charge in [-0.1, -0.05) is 49.3 Å². The number of carbonyl (C=O) groups is 2. The monoisotopic (exact) mass is 607 g/mol. The Hall–Kier alpha value is -3.60. The maximum absolute atomic E-state index is 13.7. The second-order valence-electron chi connectivity index (χ2n) is 11.2. The molecule has 5 rings (SSSR count). The minimum atomic E-state index is -5.11. The Kier molecular flexibility index (Phi) is 8.24. The van der Waals surface area contributed by atoms with Gasteiger partial charge in [-0.05, 0) is 61.9 Å². The summed E-state index contributed by atoms with van der Waals surface area (Å²) in [5, 5.41) is 10.2. The molecule has 4 atom stereocenters. The van der Waals surface area contributed by atoms with E-state index in [1.807, 2.05) is 32.1 Å². The lowest BCUT2D eigenvalue weighted by Gasteiger charge is -2.31. The third kappa shape index (κ3) is 5.83. The van der Waals surface area contributed by atoms with Gasteiger partial charge in [-0.3, -0.25) is 9.59 Å². The Balaban J connectivity index is 1.43. The summed E-state index contributed by atoms with van der Waals surface area (Å²) in [7, 11) is 0. The Morgan fingerprint density at radius 1 is 0.977 bits per heavy atom. The van der Waals surface area contributed by atoms with E-state index >= 15 is 0 Å². The Morgan fingerprint density at radius 2 is 1.63 bits per heavy atom. The number of phenolic OH excluding ortho intramolecular Hbond substituents is 1. The summed E-state index contributed by atoms with van der Waals surface area (Å²) in [4.78, 5) is 27.7. The summed E-state index contributed by atoms with van der Waals surface area (Å²) in [6, 6.07) is 7.80. The van der Waals surface area contributed by atoms with Crippen LogP contribution in [0.15, 0.2) is 59.2 Å². The summed E-state index contributed by atoms with van der Waals surface area (Å²) in [5.74, 6) is -3.77. The molecule has 0 spiro atoms. The van der Waals surface area contributed by atoms with E-state index < -0.39 is 58.7 Å². The zero-order valence-electron chi connectivity index (χ0n) is 23.6. The lowest BCUT2D eigenvalue weighted by molar-refractivity contribution is -0.143. The zero-order chi connectivity index (χ0) is 31.3. The minimum absolute atomic E-state index is 0.0238. The molecule has 2 fully saturated rings. The first-order chi connectivity index (χ1) is 20.2. The lowest BCUT2D eigenvalue weighted by atomic mass is 9.69. The number of fused-ring (bicyclic) bond motifs is 3. The van der Waals surface area contributed by atoms with E-state index in [0.29, 0.717) is 41.9 Å². The van der Waals surface area contributed by atoms with Crippen molar-refractivity contribution < 1.29 is 45.8 Å². The number of carbonyl (C=O) groups excluding carboxylic acids is 2. The molecule has 5 nitrogen and oxygen atoms in total. The smallest absolute Gasteiger partial charge is 0.416 e. The first kappa shape index (κ1) is 30.8. The maximum atomic E-state index is 13.7. The molecule has 11 heteroatoms. The third-order valence-corrected chi connectivity index (χ3v) is 8.74. The van der Waals surface area contributed by atoms with Crippen molar-refractivity contribution in [1.29, 1.82) is 0 Å². The molecule has 0 unspecified atom stereocenters. The minimum Gasteiger partial charge on any atom is -0.507 e. The van der Waals surface area contributed by atoms with E-state index in [9.17, 15) is 41.0 Å². The fourth-order valence-electron chi connectivity index (χ4n) is 6.63. The number of hydrogen-bond acceptors (Lipinski definition) is 4. The van der Waals surface area contributed by atoms with Crippen molar-refractivity contribution in [2.45, 2.75) is 64.4 Å². The number of aromatic hydroxyl groups is 1.